The van der Waals surface area contributed by atoms with Gasteiger partial charge in [0.1, 0.15) is 5.75 Å². The third-order valence-corrected chi connectivity index (χ3v) is 4.47. The minimum absolute atomic E-state index is 0.0560. The van der Waals surface area contributed by atoms with Crippen molar-refractivity contribution in [1.82, 2.24) is 14.7 Å². The van der Waals surface area contributed by atoms with Crippen LogP contribution in [0.15, 0.2) is 42.7 Å². The number of piperidine rings is 1. The first-order chi connectivity index (χ1) is 12.1. The molecule has 1 aromatic carbocycles. The molecule has 134 valence electrons. The van der Waals surface area contributed by atoms with Crippen LogP contribution in [0.4, 0.5) is 8.78 Å². The van der Waals surface area contributed by atoms with Crippen molar-refractivity contribution in [3.63, 3.8) is 0 Å². The van der Waals surface area contributed by atoms with Crippen molar-refractivity contribution < 1.29 is 18.3 Å². The molecule has 2 heterocycles. The van der Waals surface area contributed by atoms with Crippen molar-refractivity contribution in [2.24, 2.45) is 0 Å². The Kier molecular flexibility index (Phi) is 5.63. The van der Waals surface area contributed by atoms with E-state index >= 15 is 0 Å². The molecule has 1 aliphatic heterocycles. The molecule has 0 saturated carbocycles. The Morgan fingerprint density at radius 2 is 2.08 bits per heavy atom. The van der Waals surface area contributed by atoms with Gasteiger partial charge in [-0.25, -0.2) is 0 Å². The monoisotopic (exact) mass is 349 g/mol. The molecule has 2 aromatic rings. The SMILES string of the molecule is O=C(c1ccc(OC(F)F)cc1)N1CCCCC1CCn1cccn1. The first-order valence-electron chi connectivity index (χ1n) is 8.47. The van der Waals surface area contributed by atoms with Gasteiger partial charge >= 0.3 is 6.61 Å². The zero-order chi connectivity index (χ0) is 17.6. The standard InChI is InChI=1S/C18H21F2N3O2/c19-18(20)25-16-7-5-14(6-8-16)17(24)23-12-2-1-4-15(23)9-13-22-11-3-10-21-22/h3,5-8,10-11,15,18H,1-2,4,9,12-13H2. The maximum atomic E-state index is 12.8. The molecule has 1 saturated heterocycles. The number of nitrogens with zero attached hydrogens (tertiary/aromatic N) is 3. The van der Waals surface area contributed by atoms with Crippen molar-refractivity contribution in [1.29, 1.82) is 0 Å². The van der Waals surface area contributed by atoms with Gasteiger partial charge in [-0.3, -0.25) is 9.48 Å². The number of aromatic nitrogens is 2. The van der Waals surface area contributed by atoms with Gasteiger partial charge in [-0.2, -0.15) is 13.9 Å². The second kappa shape index (κ2) is 8.09. The summed E-state index contributed by atoms with van der Waals surface area (Å²) in [5.74, 6) is -0.00538. The van der Waals surface area contributed by atoms with Gasteiger partial charge in [0.2, 0.25) is 0 Å². The minimum atomic E-state index is -2.87. The molecule has 5 nitrogen and oxygen atoms in total. The molecule has 7 heteroatoms. The lowest BCUT2D eigenvalue weighted by Crippen LogP contribution is -2.44. The van der Waals surface area contributed by atoms with Crippen LogP contribution in [0.5, 0.6) is 5.75 Å². The molecule has 0 spiro atoms. The summed E-state index contributed by atoms with van der Waals surface area (Å²) in [6, 6.07) is 7.94. The average Bonchev–Trinajstić information content (AvgIpc) is 3.13. The lowest BCUT2D eigenvalue weighted by molar-refractivity contribution is -0.0498. The van der Waals surface area contributed by atoms with E-state index in [2.05, 4.69) is 9.84 Å². The summed E-state index contributed by atoms with van der Waals surface area (Å²) < 4.78 is 30.6. The normalized spacial score (nSPS) is 17.7. The second-order valence-corrected chi connectivity index (χ2v) is 6.11. The molecule has 0 aliphatic carbocycles. The number of aryl methyl sites for hydroxylation is 1. The van der Waals surface area contributed by atoms with E-state index in [1.54, 1.807) is 18.3 Å². The first-order valence-corrected chi connectivity index (χ1v) is 8.47. The Balaban J connectivity index is 1.65. The number of carbonyl (C=O) groups is 1. The highest BCUT2D eigenvalue weighted by Gasteiger charge is 2.27. The first kappa shape index (κ1) is 17.4. The topological polar surface area (TPSA) is 47.4 Å². The maximum absolute atomic E-state index is 12.8. The smallest absolute Gasteiger partial charge is 0.387 e. The van der Waals surface area contributed by atoms with Crippen molar-refractivity contribution in [3.05, 3.63) is 48.3 Å². The predicted octanol–water partition coefficient (Wildman–Crippen LogP) is 3.57. The predicted molar refractivity (Wildman–Crippen MR) is 88.6 cm³/mol. The number of hydrogen-bond donors (Lipinski definition) is 0. The van der Waals surface area contributed by atoms with E-state index in [4.69, 9.17) is 0 Å². The molecule has 1 aromatic heterocycles. The number of rotatable bonds is 6. The van der Waals surface area contributed by atoms with Crippen LogP contribution >= 0.6 is 0 Å². The van der Waals surface area contributed by atoms with Crippen LogP contribution in [0.2, 0.25) is 0 Å². The molecule has 1 amide bonds. The minimum Gasteiger partial charge on any atom is -0.435 e. The van der Waals surface area contributed by atoms with E-state index < -0.39 is 6.61 Å². The number of benzene rings is 1. The molecule has 1 aliphatic rings. The number of hydrogen-bond acceptors (Lipinski definition) is 3. The number of halogens is 2. The van der Waals surface area contributed by atoms with E-state index in [0.29, 0.717) is 5.56 Å². The fourth-order valence-corrected chi connectivity index (χ4v) is 3.23. The Morgan fingerprint density at radius 3 is 2.76 bits per heavy atom. The van der Waals surface area contributed by atoms with Crippen LogP contribution in [-0.4, -0.2) is 39.8 Å². The molecule has 1 fully saturated rings. The van der Waals surface area contributed by atoms with Crippen molar-refractivity contribution in [2.45, 2.75) is 44.9 Å². The van der Waals surface area contributed by atoms with Crippen LogP contribution in [0, 0.1) is 0 Å². The van der Waals surface area contributed by atoms with E-state index in [1.807, 2.05) is 21.8 Å². The van der Waals surface area contributed by atoms with Crippen LogP contribution in [0.25, 0.3) is 0 Å². The molecule has 1 atom stereocenters. The number of carbonyl (C=O) groups excluding carboxylic acids is 1. The van der Waals surface area contributed by atoms with Crippen molar-refractivity contribution in [2.75, 3.05) is 6.54 Å². The molecule has 0 N–H and O–H groups in total. The van der Waals surface area contributed by atoms with Gasteiger partial charge < -0.3 is 9.64 Å². The fraction of sp³-hybridized carbons (Fsp3) is 0.444. The molecule has 0 radical (unpaired) electrons. The highest BCUT2D eigenvalue weighted by Crippen LogP contribution is 2.23. The second-order valence-electron chi connectivity index (χ2n) is 6.11. The fourth-order valence-electron chi connectivity index (χ4n) is 3.23. The molecule has 25 heavy (non-hydrogen) atoms. The molecule has 0 bridgehead atoms. The third-order valence-electron chi connectivity index (χ3n) is 4.47. The average molecular weight is 349 g/mol. The van der Waals surface area contributed by atoms with E-state index in [-0.39, 0.29) is 17.7 Å². The van der Waals surface area contributed by atoms with Gasteiger partial charge in [0.05, 0.1) is 0 Å². The summed E-state index contributed by atoms with van der Waals surface area (Å²) in [6.07, 6.45) is 7.56. The van der Waals surface area contributed by atoms with Gasteiger partial charge in [-0.15, -0.1) is 0 Å². The van der Waals surface area contributed by atoms with Gasteiger partial charge in [-0.1, -0.05) is 0 Å². The number of likely N-dealkylation sites (tertiary alicyclic amines) is 1. The number of alkyl halides is 2. The number of ether oxygens (including phenoxy) is 1. The largest absolute Gasteiger partial charge is 0.435 e. The summed E-state index contributed by atoms with van der Waals surface area (Å²) >= 11 is 0. The zero-order valence-electron chi connectivity index (χ0n) is 13.9. The van der Waals surface area contributed by atoms with Crippen LogP contribution < -0.4 is 4.74 Å². The van der Waals surface area contributed by atoms with Gasteiger partial charge in [0.15, 0.2) is 0 Å². The lowest BCUT2D eigenvalue weighted by Gasteiger charge is -2.36. The molecular weight excluding hydrogens is 328 g/mol. The quantitative estimate of drug-likeness (QED) is 0.801. The highest BCUT2D eigenvalue weighted by atomic mass is 19.3. The van der Waals surface area contributed by atoms with Crippen LogP contribution in [0.1, 0.15) is 36.0 Å². The molecular formula is C18H21F2N3O2. The van der Waals surface area contributed by atoms with Crippen LogP contribution in [-0.2, 0) is 6.54 Å². The Morgan fingerprint density at radius 1 is 1.28 bits per heavy atom. The summed E-state index contributed by atoms with van der Waals surface area (Å²) in [5.41, 5.74) is 0.493. The summed E-state index contributed by atoms with van der Waals surface area (Å²) in [6.45, 7) is -1.38. The zero-order valence-corrected chi connectivity index (χ0v) is 13.9. The van der Waals surface area contributed by atoms with Gasteiger partial charge in [0, 0.05) is 37.1 Å². The lowest BCUT2D eigenvalue weighted by atomic mass is 9.98. The van der Waals surface area contributed by atoms with E-state index in [0.717, 1.165) is 38.8 Å². The van der Waals surface area contributed by atoms with Crippen molar-refractivity contribution >= 4 is 5.91 Å². The summed E-state index contributed by atoms with van der Waals surface area (Å²) in [7, 11) is 0. The maximum Gasteiger partial charge on any atom is 0.387 e. The van der Waals surface area contributed by atoms with Gasteiger partial charge in [0.25, 0.3) is 5.91 Å². The summed E-state index contributed by atoms with van der Waals surface area (Å²) in [4.78, 5) is 14.7. The van der Waals surface area contributed by atoms with Gasteiger partial charge in [-0.05, 0) is 56.0 Å². The summed E-state index contributed by atoms with van der Waals surface area (Å²) in [5, 5.41) is 4.20. The molecule has 3 rings (SSSR count). The Labute approximate surface area is 145 Å². The van der Waals surface area contributed by atoms with E-state index in [9.17, 15) is 13.6 Å². The third kappa shape index (κ3) is 4.55. The highest BCUT2D eigenvalue weighted by molar-refractivity contribution is 5.94. The molecule has 1 unspecified atom stereocenters. The van der Waals surface area contributed by atoms with Crippen molar-refractivity contribution in [3.8, 4) is 5.75 Å². The van der Waals surface area contributed by atoms with Crippen LogP contribution in [0.3, 0.4) is 0 Å². The number of amides is 1. The van der Waals surface area contributed by atoms with E-state index in [1.165, 1.54) is 12.1 Å². The Bertz CT molecular complexity index is 674. The Hall–Kier alpha value is -2.44.